The lowest BCUT2D eigenvalue weighted by molar-refractivity contribution is -0.0697. The largest absolute Gasteiger partial charge is 0.296 e. The summed E-state index contributed by atoms with van der Waals surface area (Å²) in [6.45, 7) is 6.95. The normalized spacial score (nSPS) is 11.7. The molecule has 0 unspecified atom stereocenters. The highest BCUT2D eigenvalue weighted by Crippen LogP contribution is 2.15. The third-order valence-electron chi connectivity index (χ3n) is 1.59. The van der Waals surface area contributed by atoms with Gasteiger partial charge in [0.15, 0.2) is 0 Å². The van der Waals surface area contributed by atoms with E-state index in [9.17, 15) is 0 Å². The molecule has 0 aliphatic carbocycles. The second kappa shape index (κ2) is 6.16. The fourth-order valence-corrected chi connectivity index (χ4v) is 1.77. The summed E-state index contributed by atoms with van der Waals surface area (Å²) in [6, 6.07) is 10.4. The molecule has 15 heavy (non-hydrogen) atoms. The molecule has 1 N–H and O–H groups in total. The average Bonchev–Trinajstić information content (AvgIpc) is 2.17. The minimum atomic E-state index is -0.114. The number of hydroxylamine groups is 1. The van der Waals surface area contributed by atoms with Crippen LogP contribution in [-0.2, 0) is 4.84 Å². The van der Waals surface area contributed by atoms with Crippen LogP contribution < -0.4 is 5.48 Å². The predicted molar refractivity (Wildman–Crippen MR) is 66.0 cm³/mol. The average molecular weight is 225 g/mol. The Morgan fingerprint density at radius 2 is 1.87 bits per heavy atom. The summed E-state index contributed by atoms with van der Waals surface area (Å²) in [5.74, 6) is 1.01. The van der Waals surface area contributed by atoms with Crippen LogP contribution in [0.5, 0.6) is 0 Å². The molecule has 0 saturated heterocycles. The Labute approximate surface area is 96.4 Å². The van der Waals surface area contributed by atoms with Crippen molar-refractivity contribution in [2.75, 3.05) is 12.3 Å². The SMILES string of the molecule is CC(C)(C)ONCCSc1ccccc1. The van der Waals surface area contributed by atoms with E-state index >= 15 is 0 Å². The lowest BCUT2D eigenvalue weighted by atomic mass is 10.2. The Morgan fingerprint density at radius 3 is 2.47 bits per heavy atom. The van der Waals surface area contributed by atoms with Crippen LogP contribution in [0.25, 0.3) is 0 Å². The zero-order valence-electron chi connectivity index (χ0n) is 9.62. The Morgan fingerprint density at radius 1 is 1.20 bits per heavy atom. The van der Waals surface area contributed by atoms with Crippen molar-refractivity contribution in [2.24, 2.45) is 0 Å². The maximum absolute atomic E-state index is 5.40. The van der Waals surface area contributed by atoms with E-state index in [0.29, 0.717) is 0 Å². The Balaban J connectivity index is 2.08. The molecule has 0 saturated carbocycles. The van der Waals surface area contributed by atoms with Crippen LogP contribution in [0.4, 0.5) is 0 Å². The van der Waals surface area contributed by atoms with Gasteiger partial charge in [0.2, 0.25) is 0 Å². The number of hydrogen-bond acceptors (Lipinski definition) is 3. The molecule has 0 atom stereocenters. The molecule has 1 aromatic rings. The van der Waals surface area contributed by atoms with Crippen molar-refractivity contribution in [1.82, 2.24) is 5.48 Å². The van der Waals surface area contributed by atoms with Gasteiger partial charge in [0.05, 0.1) is 5.60 Å². The molecule has 1 rings (SSSR count). The first-order chi connectivity index (χ1) is 7.08. The quantitative estimate of drug-likeness (QED) is 0.472. The van der Waals surface area contributed by atoms with Crippen molar-refractivity contribution in [3.05, 3.63) is 30.3 Å². The van der Waals surface area contributed by atoms with Gasteiger partial charge < -0.3 is 0 Å². The highest BCUT2D eigenvalue weighted by Gasteiger charge is 2.09. The highest BCUT2D eigenvalue weighted by molar-refractivity contribution is 7.99. The summed E-state index contributed by atoms with van der Waals surface area (Å²) < 4.78 is 0. The smallest absolute Gasteiger partial charge is 0.0812 e. The van der Waals surface area contributed by atoms with Crippen LogP contribution in [0.15, 0.2) is 35.2 Å². The van der Waals surface area contributed by atoms with Crippen LogP contribution in [-0.4, -0.2) is 17.9 Å². The molecule has 0 amide bonds. The van der Waals surface area contributed by atoms with Gasteiger partial charge in [0.1, 0.15) is 0 Å². The summed E-state index contributed by atoms with van der Waals surface area (Å²) >= 11 is 1.83. The zero-order chi connectivity index (χ0) is 11.1. The summed E-state index contributed by atoms with van der Waals surface area (Å²) in [7, 11) is 0. The monoisotopic (exact) mass is 225 g/mol. The number of hydrogen-bond donors (Lipinski definition) is 1. The van der Waals surface area contributed by atoms with E-state index in [1.807, 2.05) is 38.6 Å². The molecule has 0 aliphatic rings. The van der Waals surface area contributed by atoms with E-state index in [0.717, 1.165) is 12.3 Å². The molecule has 0 spiro atoms. The molecule has 0 aromatic heterocycles. The molecule has 0 heterocycles. The van der Waals surface area contributed by atoms with E-state index in [4.69, 9.17) is 4.84 Å². The minimum absolute atomic E-state index is 0.114. The summed E-state index contributed by atoms with van der Waals surface area (Å²) in [5.41, 5.74) is 2.86. The fraction of sp³-hybridized carbons (Fsp3) is 0.500. The standard InChI is InChI=1S/C12H19NOS/c1-12(2,3)14-13-9-10-15-11-7-5-4-6-8-11/h4-8,13H,9-10H2,1-3H3. The number of nitrogens with one attached hydrogen (secondary N) is 1. The number of thioether (sulfide) groups is 1. The van der Waals surface area contributed by atoms with Crippen LogP contribution >= 0.6 is 11.8 Å². The van der Waals surface area contributed by atoms with Crippen molar-refractivity contribution in [2.45, 2.75) is 31.3 Å². The van der Waals surface area contributed by atoms with Crippen LogP contribution in [0, 0.1) is 0 Å². The molecular formula is C12H19NOS. The number of rotatable bonds is 5. The van der Waals surface area contributed by atoms with Crippen LogP contribution in [0.3, 0.4) is 0 Å². The minimum Gasteiger partial charge on any atom is -0.296 e. The lowest BCUT2D eigenvalue weighted by Gasteiger charge is -2.19. The highest BCUT2D eigenvalue weighted by atomic mass is 32.2. The first-order valence-electron chi connectivity index (χ1n) is 5.17. The third kappa shape index (κ3) is 6.55. The van der Waals surface area contributed by atoms with E-state index in [-0.39, 0.29) is 5.60 Å². The molecule has 0 bridgehead atoms. The van der Waals surface area contributed by atoms with E-state index < -0.39 is 0 Å². The Kier molecular flexibility index (Phi) is 5.15. The molecule has 2 nitrogen and oxygen atoms in total. The maximum atomic E-state index is 5.40. The van der Waals surface area contributed by atoms with Gasteiger partial charge >= 0.3 is 0 Å². The van der Waals surface area contributed by atoms with Gasteiger partial charge in [0.25, 0.3) is 0 Å². The molecule has 0 aliphatic heterocycles. The van der Waals surface area contributed by atoms with Gasteiger partial charge in [-0.3, -0.25) is 4.84 Å². The first kappa shape index (κ1) is 12.6. The van der Waals surface area contributed by atoms with Gasteiger partial charge in [-0.2, -0.15) is 0 Å². The topological polar surface area (TPSA) is 21.3 Å². The number of benzene rings is 1. The molecule has 0 fully saturated rings. The van der Waals surface area contributed by atoms with E-state index in [2.05, 4.69) is 29.7 Å². The Bertz CT molecular complexity index is 269. The van der Waals surface area contributed by atoms with E-state index in [1.165, 1.54) is 4.90 Å². The van der Waals surface area contributed by atoms with Crippen molar-refractivity contribution in [1.29, 1.82) is 0 Å². The van der Waals surface area contributed by atoms with Gasteiger partial charge in [-0.25, -0.2) is 5.48 Å². The first-order valence-corrected chi connectivity index (χ1v) is 6.15. The third-order valence-corrected chi connectivity index (χ3v) is 2.61. The van der Waals surface area contributed by atoms with Crippen LogP contribution in [0.1, 0.15) is 20.8 Å². The molecule has 0 radical (unpaired) electrons. The van der Waals surface area contributed by atoms with Gasteiger partial charge in [-0.1, -0.05) is 18.2 Å². The fourth-order valence-electron chi connectivity index (χ4n) is 0.995. The lowest BCUT2D eigenvalue weighted by Crippen LogP contribution is -2.30. The van der Waals surface area contributed by atoms with Gasteiger partial charge in [-0.05, 0) is 32.9 Å². The molecular weight excluding hydrogens is 206 g/mol. The maximum Gasteiger partial charge on any atom is 0.0812 e. The summed E-state index contributed by atoms with van der Waals surface area (Å²) in [4.78, 5) is 6.70. The zero-order valence-corrected chi connectivity index (χ0v) is 10.4. The Hall–Kier alpha value is -0.510. The van der Waals surface area contributed by atoms with Crippen LogP contribution in [0.2, 0.25) is 0 Å². The second-order valence-corrected chi connectivity index (χ2v) is 5.44. The van der Waals surface area contributed by atoms with Gasteiger partial charge in [0, 0.05) is 17.2 Å². The summed E-state index contributed by atoms with van der Waals surface area (Å²) in [6.07, 6.45) is 0. The van der Waals surface area contributed by atoms with Crippen molar-refractivity contribution in [3.63, 3.8) is 0 Å². The summed E-state index contributed by atoms with van der Waals surface area (Å²) in [5, 5.41) is 0. The molecule has 84 valence electrons. The van der Waals surface area contributed by atoms with Crippen molar-refractivity contribution < 1.29 is 4.84 Å². The van der Waals surface area contributed by atoms with E-state index in [1.54, 1.807) is 0 Å². The van der Waals surface area contributed by atoms with Gasteiger partial charge in [-0.15, -0.1) is 11.8 Å². The molecule has 3 heteroatoms. The second-order valence-electron chi connectivity index (χ2n) is 4.27. The van der Waals surface area contributed by atoms with Crippen molar-refractivity contribution in [3.8, 4) is 0 Å². The van der Waals surface area contributed by atoms with Crippen molar-refractivity contribution >= 4 is 11.8 Å². The molecule has 1 aromatic carbocycles. The predicted octanol–water partition coefficient (Wildman–Crippen LogP) is 3.10.